The predicted octanol–water partition coefficient (Wildman–Crippen LogP) is 3.75. The van der Waals surface area contributed by atoms with E-state index in [1.54, 1.807) is 0 Å². The molecule has 1 aliphatic heterocycles. The molecule has 0 aliphatic carbocycles. The number of fused-ring (bicyclic) bond motifs is 1. The summed E-state index contributed by atoms with van der Waals surface area (Å²) in [5.74, 6) is 0. The molecule has 0 saturated carbocycles. The smallest absolute Gasteiger partial charge is 0.0432 e. The van der Waals surface area contributed by atoms with Crippen molar-refractivity contribution in [1.82, 2.24) is 5.32 Å². The molecule has 0 bridgehead atoms. The number of nitrogens with one attached hydrogen (secondary N) is 1. The maximum Gasteiger partial charge on any atom is 0.0432 e. The first kappa shape index (κ1) is 14.2. The minimum atomic E-state index is 0.514. The first-order valence-electron chi connectivity index (χ1n) is 7.87. The van der Waals surface area contributed by atoms with E-state index in [-0.39, 0.29) is 0 Å². The Hall–Kier alpha value is -1.80. The molecule has 0 aromatic heterocycles. The van der Waals surface area contributed by atoms with Crippen molar-refractivity contribution in [2.75, 3.05) is 11.4 Å². The lowest BCUT2D eigenvalue weighted by atomic mass is 9.98. The number of benzene rings is 2. The van der Waals surface area contributed by atoms with Crippen LogP contribution >= 0.6 is 0 Å². The highest BCUT2D eigenvalue weighted by molar-refractivity contribution is 5.55. The molecule has 2 heteroatoms. The van der Waals surface area contributed by atoms with Gasteiger partial charge in [0.15, 0.2) is 0 Å². The highest BCUT2D eigenvalue weighted by Gasteiger charge is 2.17. The van der Waals surface area contributed by atoms with E-state index in [0.717, 1.165) is 26.1 Å². The van der Waals surface area contributed by atoms with E-state index in [1.165, 1.54) is 22.4 Å². The molecular formula is C19H24N2. The second-order valence-corrected chi connectivity index (χ2v) is 6.10. The van der Waals surface area contributed by atoms with Gasteiger partial charge in [0.25, 0.3) is 0 Å². The van der Waals surface area contributed by atoms with Crippen molar-refractivity contribution in [2.24, 2.45) is 0 Å². The fourth-order valence-electron chi connectivity index (χ4n) is 2.98. The summed E-state index contributed by atoms with van der Waals surface area (Å²) in [6.45, 7) is 7.45. The fourth-order valence-corrected chi connectivity index (χ4v) is 2.98. The van der Waals surface area contributed by atoms with Crippen molar-refractivity contribution in [3.05, 3.63) is 65.2 Å². The quantitative estimate of drug-likeness (QED) is 0.917. The van der Waals surface area contributed by atoms with Crippen molar-refractivity contribution in [3.8, 4) is 0 Å². The monoisotopic (exact) mass is 280 g/mol. The molecule has 21 heavy (non-hydrogen) atoms. The summed E-state index contributed by atoms with van der Waals surface area (Å²) < 4.78 is 0. The van der Waals surface area contributed by atoms with E-state index in [2.05, 4.69) is 72.6 Å². The van der Waals surface area contributed by atoms with Crippen LogP contribution in [0.15, 0.2) is 48.5 Å². The van der Waals surface area contributed by atoms with Gasteiger partial charge in [0, 0.05) is 31.4 Å². The van der Waals surface area contributed by atoms with Gasteiger partial charge in [-0.25, -0.2) is 0 Å². The molecule has 0 unspecified atom stereocenters. The molecule has 110 valence electrons. The third-order valence-electron chi connectivity index (χ3n) is 4.16. The molecule has 1 aliphatic rings. The van der Waals surface area contributed by atoms with Crippen LogP contribution in [0.2, 0.25) is 0 Å². The van der Waals surface area contributed by atoms with E-state index >= 15 is 0 Å². The summed E-state index contributed by atoms with van der Waals surface area (Å²) in [6.07, 6.45) is 1.14. The number of para-hydroxylation sites is 1. The van der Waals surface area contributed by atoms with Gasteiger partial charge in [0.2, 0.25) is 0 Å². The Balaban J connectivity index is 1.81. The van der Waals surface area contributed by atoms with E-state index in [4.69, 9.17) is 0 Å². The minimum absolute atomic E-state index is 0.514. The summed E-state index contributed by atoms with van der Waals surface area (Å²) in [7, 11) is 0. The number of nitrogens with zero attached hydrogens (tertiary/aromatic N) is 1. The van der Waals surface area contributed by atoms with Crippen molar-refractivity contribution in [3.63, 3.8) is 0 Å². The highest BCUT2D eigenvalue weighted by Crippen LogP contribution is 2.27. The molecule has 0 atom stereocenters. The van der Waals surface area contributed by atoms with Crippen molar-refractivity contribution in [1.29, 1.82) is 0 Å². The van der Waals surface area contributed by atoms with E-state index in [0.29, 0.717) is 6.04 Å². The lowest BCUT2D eigenvalue weighted by molar-refractivity contribution is 0.587. The van der Waals surface area contributed by atoms with Crippen LogP contribution in [0, 0.1) is 0 Å². The topological polar surface area (TPSA) is 15.3 Å². The molecule has 0 amide bonds. The molecule has 1 N–H and O–H groups in total. The standard InChI is InChI=1S/C19H24N2/c1-15(2)20-13-17-8-5-6-10-19(17)21-12-11-16-7-3-4-9-18(16)14-21/h3-10,15,20H,11-14H2,1-2H3. The summed E-state index contributed by atoms with van der Waals surface area (Å²) in [4.78, 5) is 2.51. The second kappa shape index (κ2) is 6.31. The van der Waals surface area contributed by atoms with Gasteiger partial charge in [-0.3, -0.25) is 0 Å². The third kappa shape index (κ3) is 3.27. The Bertz CT molecular complexity index is 604. The molecule has 1 heterocycles. The molecule has 0 spiro atoms. The summed E-state index contributed by atoms with van der Waals surface area (Å²) >= 11 is 0. The molecule has 0 radical (unpaired) electrons. The van der Waals surface area contributed by atoms with Crippen LogP contribution in [0.3, 0.4) is 0 Å². The van der Waals surface area contributed by atoms with Crippen LogP contribution in [0.4, 0.5) is 5.69 Å². The second-order valence-electron chi connectivity index (χ2n) is 6.10. The Morgan fingerprint density at radius 2 is 1.71 bits per heavy atom. The van der Waals surface area contributed by atoms with Crippen LogP contribution in [0.5, 0.6) is 0 Å². The SMILES string of the molecule is CC(C)NCc1ccccc1N1CCc2ccccc2C1. The largest absolute Gasteiger partial charge is 0.367 e. The molecular weight excluding hydrogens is 256 g/mol. The Labute approximate surface area is 127 Å². The predicted molar refractivity (Wildman–Crippen MR) is 89.6 cm³/mol. The number of anilines is 1. The maximum atomic E-state index is 3.53. The molecule has 3 rings (SSSR count). The third-order valence-corrected chi connectivity index (χ3v) is 4.16. The minimum Gasteiger partial charge on any atom is -0.367 e. The molecule has 0 fully saturated rings. The van der Waals surface area contributed by atoms with Gasteiger partial charge in [-0.2, -0.15) is 0 Å². The lowest BCUT2D eigenvalue weighted by Gasteiger charge is -2.32. The number of hydrogen-bond acceptors (Lipinski definition) is 2. The summed E-state index contributed by atoms with van der Waals surface area (Å²) in [5.41, 5.74) is 5.74. The average Bonchev–Trinajstić information content (AvgIpc) is 2.52. The number of rotatable bonds is 4. The molecule has 2 nitrogen and oxygen atoms in total. The normalized spacial score (nSPS) is 14.3. The van der Waals surface area contributed by atoms with Crippen molar-refractivity contribution in [2.45, 2.75) is 39.4 Å². The van der Waals surface area contributed by atoms with E-state index in [9.17, 15) is 0 Å². The van der Waals surface area contributed by atoms with Crippen LogP contribution in [-0.4, -0.2) is 12.6 Å². The van der Waals surface area contributed by atoms with Gasteiger partial charge in [0.1, 0.15) is 0 Å². The van der Waals surface area contributed by atoms with E-state index < -0.39 is 0 Å². The molecule has 2 aromatic carbocycles. The van der Waals surface area contributed by atoms with Gasteiger partial charge in [0.05, 0.1) is 0 Å². The Kier molecular flexibility index (Phi) is 4.26. The zero-order chi connectivity index (χ0) is 14.7. The highest BCUT2D eigenvalue weighted by atomic mass is 15.1. The zero-order valence-corrected chi connectivity index (χ0v) is 13.0. The van der Waals surface area contributed by atoms with Crippen LogP contribution in [-0.2, 0) is 19.5 Å². The zero-order valence-electron chi connectivity index (χ0n) is 13.0. The van der Waals surface area contributed by atoms with Gasteiger partial charge < -0.3 is 10.2 Å². The Morgan fingerprint density at radius 3 is 2.52 bits per heavy atom. The maximum absolute atomic E-state index is 3.53. The van der Waals surface area contributed by atoms with Gasteiger partial charge in [-0.15, -0.1) is 0 Å². The molecule has 2 aromatic rings. The van der Waals surface area contributed by atoms with Crippen LogP contribution in [0.25, 0.3) is 0 Å². The van der Waals surface area contributed by atoms with Gasteiger partial charge in [-0.1, -0.05) is 56.3 Å². The Morgan fingerprint density at radius 1 is 1.00 bits per heavy atom. The summed E-state index contributed by atoms with van der Waals surface area (Å²) in [6, 6.07) is 18.1. The number of hydrogen-bond donors (Lipinski definition) is 1. The van der Waals surface area contributed by atoms with Crippen molar-refractivity contribution >= 4 is 5.69 Å². The van der Waals surface area contributed by atoms with Crippen molar-refractivity contribution < 1.29 is 0 Å². The van der Waals surface area contributed by atoms with Crippen LogP contribution < -0.4 is 10.2 Å². The van der Waals surface area contributed by atoms with Gasteiger partial charge >= 0.3 is 0 Å². The summed E-state index contributed by atoms with van der Waals surface area (Å²) in [5, 5.41) is 3.53. The first-order chi connectivity index (χ1) is 10.2. The van der Waals surface area contributed by atoms with Gasteiger partial charge in [-0.05, 0) is 29.2 Å². The fraction of sp³-hybridized carbons (Fsp3) is 0.368. The van der Waals surface area contributed by atoms with E-state index in [1.807, 2.05) is 0 Å². The lowest BCUT2D eigenvalue weighted by Crippen LogP contribution is -2.32. The molecule has 0 saturated heterocycles. The first-order valence-corrected chi connectivity index (χ1v) is 7.87. The van der Waals surface area contributed by atoms with Crippen LogP contribution in [0.1, 0.15) is 30.5 Å². The average molecular weight is 280 g/mol.